The van der Waals surface area contributed by atoms with E-state index in [4.69, 9.17) is 4.98 Å². The highest BCUT2D eigenvalue weighted by Gasteiger charge is 2.66. The van der Waals surface area contributed by atoms with Crippen molar-refractivity contribution in [3.05, 3.63) is 48.6 Å². The van der Waals surface area contributed by atoms with E-state index in [1.807, 2.05) is 6.07 Å². The van der Waals surface area contributed by atoms with Crippen molar-refractivity contribution in [1.29, 1.82) is 0 Å². The number of carbonyl (C=O) groups excluding carboxylic acids is 2. The van der Waals surface area contributed by atoms with Gasteiger partial charge in [0.1, 0.15) is 5.82 Å². The minimum atomic E-state index is -0.169. The van der Waals surface area contributed by atoms with E-state index < -0.39 is 0 Å². The van der Waals surface area contributed by atoms with E-state index in [1.54, 1.807) is 4.90 Å². The Morgan fingerprint density at radius 3 is 2.35 bits per heavy atom. The number of pyridine rings is 1. The van der Waals surface area contributed by atoms with Crippen LogP contribution in [-0.4, -0.2) is 65.9 Å². The molecule has 2 aliphatic heterocycles. The molecule has 1 saturated carbocycles. The van der Waals surface area contributed by atoms with Crippen molar-refractivity contribution < 1.29 is 9.59 Å². The lowest BCUT2D eigenvalue weighted by molar-refractivity contribution is -0.140. The van der Waals surface area contributed by atoms with Crippen molar-refractivity contribution in [2.45, 2.75) is 46.5 Å². The van der Waals surface area contributed by atoms with Crippen molar-refractivity contribution >= 4 is 28.5 Å². The maximum absolute atomic E-state index is 13.6. The molecule has 2 aromatic rings. The summed E-state index contributed by atoms with van der Waals surface area (Å²) in [6.07, 6.45) is 8.47. The number of hydrogen-bond donors (Lipinski definition) is 0. The second-order valence-corrected chi connectivity index (χ2v) is 12.3. The van der Waals surface area contributed by atoms with Crippen LogP contribution in [0, 0.1) is 28.6 Å². The summed E-state index contributed by atoms with van der Waals surface area (Å²) < 4.78 is 0. The van der Waals surface area contributed by atoms with Gasteiger partial charge in [0.25, 0.3) is 0 Å². The molecule has 0 unspecified atom stereocenters. The summed E-state index contributed by atoms with van der Waals surface area (Å²) in [4.78, 5) is 38.5. The first kappa shape index (κ1) is 24.6. The van der Waals surface area contributed by atoms with Gasteiger partial charge in [0.2, 0.25) is 11.8 Å². The van der Waals surface area contributed by atoms with Gasteiger partial charge in [-0.2, -0.15) is 0 Å². The van der Waals surface area contributed by atoms with Gasteiger partial charge >= 0.3 is 0 Å². The van der Waals surface area contributed by atoms with E-state index in [9.17, 15) is 9.59 Å². The number of para-hydroxylation sites is 1. The monoisotopic (exact) mass is 500 g/mol. The minimum Gasteiger partial charge on any atom is -0.354 e. The number of aromatic nitrogens is 1. The van der Waals surface area contributed by atoms with Crippen molar-refractivity contribution in [1.82, 2.24) is 14.8 Å². The lowest BCUT2D eigenvalue weighted by atomic mass is 9.46. The van der Waals surface area contributed by atoms with Gasteiger partial charge in [0.05, 0.1) is 17.4 Å². The molecule has 0 N–H and O–H groups in total. The van der Waals surface area contributed by atoms with Crippen LogP contribution in [0.5, 0.6) is 0 Å². The molecule has 2 bridgehead atoms. The maximum atomic E-state index is 13.6. The van der Waals surface area contributed by atoms with Gasteiger partial charge in [0, 0.05) is 43.5 Å². The third kappa shape index (κ3) is 3.99. The van der Waals surface area contributed by atoms with Gasteiger partial charge in [-0.05, 0) is 61.8 Å². The highest BCUT2D eigenvalue weighted by molar-refractivity contribution is 6.06. The molecular weight excluding hydrogens is 460 g/mol. The Hall–Kier alpha value is -2.73. The molecule has 2 amide bonds. The first-order valence-electron chi connectivity index (χ1n) is 14.2. The summed E-state index contributed by atoms with van der Waals surface area (Å²) in [6, 6.07) is 12.6. The molecule has 4 atom stereocenters. The molecular formula is C31H40N4O2. The molecule has 3 heterocycles. The standard InChI is InChI=1S/C31H40N4O2/c1-22(2)31-14-12-30(3,13-15-31)26-27(31)29(37)35(28(26)36)17-7-6-16-33-18-20-34(21-19-33)25-11-10-23-8-4-5-9-24(23)32-25/h4-5,8-12,14,22,26-27H,6-7,13,15-21H2,1-3H3/t26-,27+,30-,31+/m1/s1. The van der Waals surface area contributed by atoms with Gasteiger partial charge in [-0.3, -0.25) is 19.4 Å². The zero-order valence-electron chi connectivity index (χ0n) is 22.5. The number of anilines is 1. The van der Waals surface area contributed by atoms with Crippen molar-refractivity contribution in [3.63, 3.8) is 0 Å². The zero-order valence-corrected chi connectivity index (χ0v) is 22.5. The Labute approximate surface area is 220 Å². The van der Waals surface area contributed by atoms with Gasteiger partial charge in [-0.15, -0.1) is 0 Å². The number of hydrogen-bond acceptors (Lipinski definition) is 5. The van der Waals surface area contributed by atoms with E-state index in [2.05, 4.69) is 73.1 Å². The second-order valence-electron chi connectivity index (χ2n) is 12.3. The van der Waals surface area contributed by atoms with Gasteiger partial charge in [0.15, 0.2) is 0 Å². The maximum Gasteiger partial charge on any atom is 0.234 e. The fourth-order valence-electron chi connectivity index (χ4n) is 7.55. The van der Waals surface area contributed by atoms with Crippen LogP contribution in [0.2, 0.25) is 0 Å². The Morgan fingerprint density at radius 1 is 0.892 bits per heavy atom. The van der Waals surface area contributed by atoms with E-state index in [1.165, 1.54) is 5.39 Å². The first-order chi connectivity index (χ1) is 17.8. The third-order valence-electron chi connectivity index (χ3n) is 10.0. The average molecular weight is 501 g/mol. The molecule has 5 aliphatic rings. The number of unbranched alkanes of at least 4 members (excludes halogenated alkanes) is 1. The van der Waals surface area contributed by atoms with Gasteiger partial charge in [-0.25, -0.2) is 4.98 Å². The van der Waals surface area contributed by atoms with E-state index >= 15 is 0 Å². The fourth-order valence-corrected chi connectivity index (χ4v) is 7.55. The SMILES string of the molecule is CC(C)[C@]12C=C[C@](C)(CC1)[C@H]1C(=O)N(CCCCN3CCN(c4ccc5ccccc5n4)CC3)C(=O)[C@H]12. The normalized spacial score (nSPS) is 31.7. The Balaban J connectivity index is 1.01. The molecule has 6 nitrogen and oxygen atoms in total. The largest absolute Gasteiger partial charge is 0.354 e. The zero-order chi connectivity index (χ0) is 25.8. The predicted octanol–water partition coefficient (Wildman–Crippen LogP) is 4.75. The average Bonchev–Trinajstić information content (AvgIpc) is 3.19. The summed E-state index contributed by atoms with van der Waals surface area (Å²) in [5.41, 5.74) is 0.733. The molecule has 6 heteroatoms. The number of allylic oxidation sites excluding steroid dienone is 2. The van der Waals surface area contributed by atoms with Crippen LogP contribution in [0.15, 0.2) is 48.6 Å². The van der Waals surface area contributed by atoms with Crippen molar-refractivity contribution in [2.75, 3.05) is 44.2 Å². The fraction of sp³-hybridized carbons (Fsp3) is 0.581. The molecule has 1 aromatic heterocycles. The number of nitrogens with zero attached hydrogens (tertiary/aromatic N) is 4. The van der Waals surface area contributed by atoms with Crippen molar-refractivity contribution in [2.24, 2.45) is 28.6 Å². The lowest BCUT2D eigenvalue weighted by Crippen LogP contribution is -2.53. The highest BCUT2D eigenvalue weighted by atomic mass is 16.2. The second kappa shape index (κ2) is 9.23. The van der Waals surface area contributed by atoms with E-state index in [-0.39, 0.29) is 34.5 Å². The van der Waals surface area contributed by atoms with E-state index in [0.717, 1.165) is 69.7 Å². The van der Waals surface area contributed by atoms with Crippen molar-refractivity contribution in [3.8, 4) is 0 Å². The summed E-state index contributed by atoms with van der Waals surface area (Å²) in [7, 11) is 0. The summed E-state index contributed by atoms with van der Waals surface area (Å²) in [5.74, 6) is 1.26. The van der Waals surface area contributed by atoms with Crippen LogP contribution < -0.4 is 4.90 Å². The van der Waals surface area contributed by atoms with Crippen LogP contribution in [0.25, 0.3) is 10.9 Å². The number of rotatable bonds is 7. The van der Waals surface area contributed by atoms with Gasteiger partial charge in [-0.1, -0.05) is 51.1 Å². The molecule has 196 valence electrons. The highest BCUT2D eigenvalue weighted by Crippen LogP contribution is 2.64. The van der Waals surface area contributed by atoms with Crippen LogP contribution in [-0.2, 0) is 9.59 Å². The van der Waals surface area contributed by atoms with E-state index in [0.29, 0.717) is 12.5 Å². The van der Waals surface area contributed by atoms with Crippen LogP contribution in [0.1, 0.15) is 46.5 Å². The molecule has 7 rings (SSSR count). The molecule has 37 heavy (non-hydrogen) atoms. The molecule has 1 aromatic carbocycles. The molecule has 3 fully saturated rings. The first-order valence-corrected chi connectivity index (χ1v) is 14.2. The number of benzene rings is 1. The Bertz CT molecular complexity index is 1230. The third-order valence-corrected chi connectivity index (χ3v) is 10.0. The van der Waals surface area contributed by atoms with Crippen LogP contribution in [0.3, 0.4) is 0 Å². The number of likely N-dealkylation sites (tertiary alicyclic amines) is 1. The number of carbonyl (C=O) groups is 2. The van der Waals surface area contributed by atoms with Gasteiger partial charge < -0.3 is 4.90 Å². The minimum absolute atomic E-state index is 0.0862. The molecule has 3 aliphatic carbocycles. The number of imide groups is 1. The summed E-state index contributed by atoms with van der Waals surface area (Å²) in [5, 5.41) is 1.18. The molecule has 0 radical (unpaired) electrons. The predicted molar refractivity (Wildman–Crippen MR) is 147 cm³/mol. The number of amides is 2. The van der Waals surface area contributed by atoms with Crippen LogP contribution in [0.4, 0.5) is 5.82 Å². The Morgan fingerprint density at radius 2 is 1.62 bits per heavy atom. The molecule has 2 saturated heterocycles. The summed E-state index contributed by atoms with van der Waals surface area (Å²) in [6.45, 7) is 12.2. The number of piperazine rings is 1. The summed E-state index contributed by atoms with van der Waals surface area (Å²) >= 11 is 0. The quantitative estimate of drug-likeness (QED) is 0.312. The smallest absolute Gasteiger partial charge is 0.234 e. The lowest BCUT2D eigenvalue weighted by Gasteiger charge is -2.55. The molecule has 0 spiro atoms. The van der Waals surface area contributed by atoms with Crippen LogP contribution >= 0.6 is 0 Å². The Kier molecular flexibility index (Phi) is 6.14. The topological polar surface area (TPSA) is 56.8 Å². The number of fused-ring (bicyclic) bond motifs is 2.